The van der Waals surface area contributed by atoms with E-state index in [9.17, 15) is 4.79 Å². The van der Waals surface area contributed by atoms with Crippen LogP contribution in [0.1, 0.15) is 16.8 Å². The Labute approximate surface area is 119 Å². The standard InChI is InChI=1S/C12H16Br2N2O/c1-16(2)7-3-6-15-12(17)10-5-4-9(13)8-11(10)14/h4-5,8H,3,6-7H2,1-2H3,(H,15,17). The summed E-state index contributed by atoms with van der Waals surface area (Å²) in [6, 6.07) is 5.53. The highest BCUT2D eigenvalue weighted by atomic mass is 79.9. The number of carbonyl (C=O) groups is 1. The molecule has 0 heterocycles. The van der Waals surface area contributed by atoms with Crippen molar-refractivity contribution in [3.05, 3.63) is 32.7 Å². The molecule has 1 rings (SSSR count). The molecule has 0 bridgehead atoms. The second kappa shape index (κ2) is 7.13. The highest BCUT2D eigenvalue weighted by molar-refractivity contribution is 9.11. The van der Waals surface area contributed by atoms with Gasteiger partial charge in [0.15, 0.2) is 0 Å². The number of amides is 1. The normalized spacial score (nSPS) is 10.6. The van der Waals surface area contributed by atoms with E-state index >= 15 is 0 Å². The van der Waals surface area contributed by atoms with Crippen LogP contribution in [0.4, 0.5) is 0 Å². The first-order chi connectivity index (χ1) is 8.00. The minimum atomic E-state index is -0.0388. The molecule has 0 atom stereocenters. The van der Waals surface area contributed by atoms with E-state index in [4.69, 9.17) is 0 Å². The summed E-state index contributed by atoms with van der Waals surface area (Å²) in [5.74, 6) is -0.0388. The maximum atomic E-state index is 11.9. The van der Waals surface area contributed by atoms with Crippen molar-refractivity contribution in [3.63, 3.8) is 0 Å². The largest absolute Gasteiger partial charge is 0.352 e. The smallest absolute Gasteiger partial charge is 0.252 e. The van der Waals surface area contributed by atoms with Crippen molar-refractivity contribution in [3.8, 4) is 0 Å². The lowest BCUT2D eigenvalue weighted by Gasteiger charge is -2.10. The molecule has 0 aliphatic rings. The fraction of sp³-hybridized carbons (Fsp3) is 0.417. The zero-order chi connectivity index (χ0) is 12.8. The minimum absolute atomic E-state index is 0.0388. The van der Waals surface area contributed by atoms with Gasteiger partial charge in [0.05, 0.1) is 5.56 Å². The Hall–Kier alpha value is -0.390. The van der Waals surface area contributed by atoms with Crippen molar-refractivity contribution in [2.24, 2.45) is 0 Å². The first-order valence-corrected chi connectivity index (χ1v) is 6.97. The summed E-state index contributed by atoms with van der Waals surface area (Å²) >= 11 is 6.74. The molecule has 1 N–H and O–H groups in total. The number of halogens is 2. The van der Waals surface area contributed by atoms with Gasteiger partial charge in [0.2, 0.25) is 0 Å². The van der Waals surface area contributed by atoms with Crippen molar-refractivity contribution < 1.29 is 4.79 Å². The maximum Gasteiger partial charge on any atom is 0.252 e. The Kier molecular flexibility index (Phi) is 6.16. The van der Waals surface area contributed by atoms with Gasteiger partial charge < -0.3 is 10.2 Å². The molecule has 0 spiro atoms. The number of rotatable bonds is 5. The summed E-state index contributed by atoms with van der Waals surface area (Å²) in [5, 5.41) is 2.90. The molecule has 0 aliphatic heterocycles. The Morgan fingerprint density at radius 2 is 2.06 bits per heavy atom. The third kappa shape index (κ3) is 5.19. The SMILES string of the molecule is CN(C)CCCNC(=O)c1ccc(Br)cc1Br. The fourth-order valence-electron chi connectivity index (χ4n) is 1.37. The molecule has 5 heteroatoms. The van der Waals surface area contributed by atoms with E-state index in [2.05, 4.69) is 42.1 Å². The van der Waals surface area contributed by atoms with Crippen LogP contribution in [0.5, 0.6) is 0 Å². The predicted molar refractivity (Wildman–Crippen MR) is 77.3 cm³/mol. The average molecular weight is 364 g/mol. The van der Waals surface area contributed by atoms with Gasteiger partial charge in [-0.15, -0.1) is 0 Å². The van der Waals surface area contributed by atoms with Gasteiger partial charge in [0.1, 0.15) is 0 Å². The first-order valence-electron chi connectivity index (χ1n) is 5.38. The molecule has 0 fully saturated rings. The molecule has 1 aromatic rings. The van der Waals surface area contributed by atoms with E-state index in [1.165, 1.54) is 0 Å². The summed E-state index contributed by atoms with van der Waals surface area (Å²) in [5.41, 5.74) is 0.665. The molecular weight excluding hydrogens is 348 g/mol. The highest BCUT2D eigenvalue weighted by Gasteiger charge is 2.09. The van der Waals surface area contributed by atoms with Crippen molar-refractivity contribution in [1.82, 2.24) is 10.2 Å². The van der Waals surface area contributed by atoms with Gasteiger partial charge in [0, 0.05) is 15.5 Å². The third-order valence-corrected chi connectivity index (χ3v) is 3.39. The van der Waals surface area contributed by atoms with Gasteiger partial charge in [-0.25, -0.2) is 0 Å². The highest BCUT2D eigenvalue weighted by Crippen LogP contribution is 2.21. The lowest BCUT2D eigenvalue weighted by Crippen LogP contribution is -2.27. The van der Waals surface area contributed by atoms with Gasteiger partial charge >= 0.3 is 0 Å². The van der Waals surface area contributed by atoms with Gasteiger partial charge in [-0.3, -0.25) is 4.79 Å². The van der Waals surface area contributed by atoms with E-state index in [1.54, 1.807) is 6.07 Å². The Morgan fingerprint density at radius 1 is 1.35 bits per heavy atom. The van der Waals surface area contributed by atoms with Gasteiger partial charge in [0.25, 0.3) is 5.91 Å². The van der Waals surface area contributed by atoms with Crippen LogP contribution in [0, 0.1) is 0 Å². The Morgan fingerprint density at radius 3 is 2.65 bits per heavy atom. The molecule has 1 amide bonds. The van der Waals surface area contributed by atoms with Crippen molar-refractivity contribution in [1.29, 1.82) is 0 Å². The molecule has 0 saturated carbocycles. The van der Waals surface area contributed by atoms with Crippen LogP contribution in [-0.4, -0.2) is 38.0 Å². The fourth-order valence-corrected chi connectivity index (χ4v) is 2.59. The van der Waals surface area contributed by atoms with E-state index in [-0.39, 0.29) is 5.91 Å². The van der Waals surface area contributed by atoms with Crippen LogP contribution in [0.15, 0.2) is 27.1 Å². The summed E-state index contributed by atoms with van der Waals surface area (Å²) in [4.78, 5) is 14.0. The Balaban J connectivity index is 2.47. The monoisotopic (exact) mass is 362 g/mol. The lowest BCUT2D eigenvalue weighted by atomic mass is 10.2. The number of carbonyl (C=O) groups excluding carboxylic acids is 1. The average Bonchev–Trinajstić information content (AvgIpc) is 2.23. The number of benzene rings is 1. The van der Waals surface area contributed by atoms with Crippen molar-refractivity contribution in [2.75, 3.05) is 27.2 Å². The maximum absolute atomic E-state index is 11.9. The first kappa shape index (κ1) is 14.7. The molecule has 0 saturated heterocycles. The summed E-state index contributed by atoms with van der Waals surface area (Å²) in [6.07, 6.45) is 0.951. The molecule has 94 valence electrons. The van der Waals surface area contributed by atoms with Crippen LogP contribution in [0.2, 0.25) is 0 Å². The van der Waals surface area contributed by atoms with Crippen molar-refractivity contribution in [2.45, 2.75) is 6.42 Å². The zero-order valence-corrected chi connectivity index (χ0v) is 13.1. The van der Waals surface area contributed by atoms with E-state index < -0.39 is 0 Å². The second-order valence-corrected chi connectivity index (χ2v) is 5.81. The lowest BCUT2D eigenvalue weighted by molar-refractivity contribution is 0.0951. The van der Waals surface area contributed by atoms with E-state index in [1.807, 2.05) is 26.2 Å². The third-order valence-electron chi connectivity index (χ3n) is 2.24. The van der Waals surface area contributed by atoms with Crippen LogP contribution >= 0.6 is 31.9 Å². The second-order valence-electron chi connectivity index (χ2n) is 4.04. The minimum Gasteiger partial charge on any atom is -0.352 e. The van der Waals surface area contributed by atoms with Gasteiger partial charge in [-0.05, 0) is 61.2 Å². The number of nitrogens with one attached hydrogen (secondary N) is 1. The number of hydrogen-bond donors (Lipinski definition) is 1. The van der Waals surface area contributed by atoms with Crippen LogP contribution in [-0.2, 0) is 0 Å². The zero-order valence-electron chi connectivity index (χ0n) is 9.96. The van der Waals surface area contributed by atoms with Crippen LogP contribution in [0.25, 0.3) is 0 Å². The molecule has 1 aromatic carbocycles. The quantitative estimate of drug-likeness (QED) is 0.816. The molecule has 0 radical (unpaired) electrons. The number of hydrogen-bond acceptors (Lipinski definition) is 2. The Bertz CT molecular complexity index is 394. The predicted octanol–water partition coefficient (Wildman–Crippen LogP) is 2.89. The van der Waals surface area contributed by atoms with Crippen LogP contribution < -0.4 is 5.32 Å². The summed E-state index contributed by atoms with van der Waals surface area (Å²) in [7, 11) is 4.04. The molecule has 3 nitrogen and oxygen atoms in total. The van der Waals surface area contributed by atoms with E-state index in [0.29, 0.717) is 12.1 Å². The summed E-state index contributed by atoms with van der Waals surface area (Å²) in [6.45, 7) is 1.67. The molecule has 0 unspecified atom stereocenters. The summed E-state index contributed by atoms with van der Waals surface area (Å²) < 4.78 is 1.76. The van der Waals surface area contributed by atoms with Gasteiger partial charge in [-0.2, -0.15) is 0 Å². The molecular formula is C12H16Br2N2O. The van der Waals surface area contributed by atoms with E-state index in [0.717, 1.165) is 21.9 Å². The molecule has 0 aliphatic carbocycles. The van der Waals surface area contributed by atoms with Crippen molar-refractivity contribution >= 4 is 37.8 Å². The number of nitrogens with zero attached hydrogens (tertiary/aromatic N) is 1. The topological polar surface area (TPSA) is 32.3 Å². The molecule has 17 heavy (non-hydrogen) atoms. The molecule has 0 aromatic heterocycles. The van der Waals surface area contributed by atoms with Gasteiger partial charge in [-0.1, -0.05) is 15.9 Å². The van der Waals surface area contributed by atoms with Crippen LogP contribution in [0.3, 0.4) is 0 Å².